The highest BCUT2D eigenvalue weighted by atomic mass is 35.5. The van der Waals surface area contributed by atoms with Crippen LogP contribution in [0.5, 0.6) is 0 Å². The lowest BCUT2D eigenvalue weighted by atomic mass is 9.76. The lowest BCUT2D eigenvalue weighted by Crippen LogP contribution is -2.31. The topological polar surface area (TPSA) is 101 Å². The van der Waals surface area contributed by atoms with Crippen LogP contribution >= 0.6 is 11.6 Å². The molecule has 9 nitrogen and oxygen atoms in total. The van der Waals surface area contributed by atoms with E-state index in [2.05, 4.69) is 15.1 Å². The first-order valence-electron chi connectivity index (χ1n) is 9.20. The van der Waals surface area contributed by atoms with E-state index in [4.69, 9.17) is 16.0 Å². The molecule has 1 aromatic carbocycles. The Morgan fingerprint density at radius 1 is 1.14 bits per heavy atom. The van der Waals surface area contributed by atoms with Gasteiger partial charge in [0.05, 0.1) is 12.4 Å². The molecule has 0 radical (unpaired) electrons. The van der Waals surface area contributed by atoms with Crippen LogP contribution in [0.15, 0.2) is 50.9 Å². The van der Waals surface area contributed by atoms with E-state index in [0.717, 1.165) is 12.8 Å². The van der Waals surface area contributed by atoms with Crippen molar-refractivity contribution >= 4 is 22.8 Å². The zero-order valence-corrected chi connectivity index (χ0v) is 16.3. The molecule has 3 aromatic heterocycles. The van der Waals surface area contributed by atoms with E-state index >= 15 is 0 Å². The molecule has 0 spiro atoms. The van der Waals surface area contributed by atoms with Gasteiger partial charge in [-0.25, -0.2) is 14.8 Å². The van der Waals surface area contributed by atoms with E-state index in [-0.39, 0.29) is 24.0 Å². The molecule has 0 unspecified atom stereocenters. The monoisotopic (exact) mass is 412 g/mol. The van der Waals surface area contributed by atoms with E-state index in [1.807, 2.05) is 24.3 Å². The number of rotatable bonds is 4. The third kappa shape index (κ3) is 3.07. The summed E-state index contributed by atoms with van der Waals surface area (Å²) in [5.41, 5.74) is 1.70. The number of halogens is 1. The summed E-state index contributed by atoms with van der Waals surface area (Å²) in [6.07, 6.45) is 4.52. The Balaban J connectivity index is 1.35. The minimum Gasteiger partial charge on any atom is -0.390 e. The Morgan fingerprint density at radius 2 is 1.86 bits per heavy atom. The Labute approximate surface area is 169 Å². The van der Waals surface area contributed by atoms with Crippen LogP contribution in [0.2, 0.25) is 5.02 Å². The summed E-state index contributed by atoms with van der Waals surface area (Å²) in [5, 5.41) is 5.01. The van der Waals surface area contributed by atoms with Crippen molar-refractivity contribution in [3.63, 3.8) is 0 Å². The number of fused-ring (bicyclic) bond motifs is 1. The molecule has 0 saturated heterocycles. The third-order valence-electron chi connectivity index (χ3n) is 5.42. The van der Waals surface area contributed by atoms with Crippen molar-refractivity contribution in [1.82, 2.24) is 28.9 Å². The fraction of sp³-hybridized carbons (Fsp3) is 0.316. The zero-order valence-electron chi connectivity index (χ0n) is 15.5. The predicted octanol–water partition coefficient (Wildman–Crippen LogP) is 2.10. The molecule has 0 N–H and O–H groups in total. The van der Waals surface area contributed by atoms with Gasteiger partial charge in [-0.1, -0.05) is 23.7 Å². The Morgan fingerprint density at radius 3 is 2.62 bits per heavy atom. The van der Waals surface area contributed by atoms with E-state index in [1.54, 1.807) is 11.6 Å². The molecule has 4 aromatic rings. The van der Waals surface area contributed by atoms with Gasteiger partial charge in [-0.15, -0.1) is 5.10 Å². The van der Waals surface area contributed by atoms with Gasteiger partial charge in [-0.2, -0.15) is 4.68 Å². The molecule has 10 heteroatoms. The average molecular weight is 413 g/mol. The molecule has 0 bridgehead atoms. The van der Waals surface area contributed by atoms with Crippen molar-refractivity contribution in [2.45, 2.75) is 31.3 Å². The van der Waals surface area contributed by atoms with Gasteiger partial charge >= 0.3 is 5.76 Å². The average Bonchev–Trinajstić information content (AvgIpc) is 3.21. The lowest BCUT2D eigenvalue weighted by molar-refractivity contribution is 0.233. The van der Waals surface area contributed by atoms with Crippen molar-refractivity contribution in [1.29, 1.82) is 0 Å². The highest BCUT2D eigenvalue weighted by molar-refractivity contribution is 6.30. The fourth-order valence-electron chi connectivity index (χ4n) is 3.75. The van der Waals surface area contributed by atoms with Gasteiger partial charge in [0.2, 0.25) is 5.89 Å². The highest BCUT2D eigenvalue weighted by Gasteiger charge is 2.34. The number of hydrogen-bond acceptors (Lipinski definition) is 6. The molecule has 3 heterocycles. The van der Waals surface area contributed by atoms with E-state index < -0.39 is 5.76 Å². The largest absolute Gasteiger partial charge is 0.437 e. The number of aryl methyl sites for hydroxylation is 1. The molecule has 0 aliphatic heterocycles. The maximum absolute atomic E-state index is 12.6. The summed E-state index contributed by atoms with van der Waals surface area (Å²) in [6, 6.07) is 7.74. The Bertz CT molecular complexity index is 1310. The molecule has 1 fully saturated rings. The number of benzene rings is 1. The molecular formula is C19H17ClN6O3. The van der Waals surface area contributed by atoms with Crippen LogP contribution in [0, 0.1) is 0 Å². The maximum atomic E-state index is 12.6. The van der Waals surface area contributed by atoms with Gasteiger partial charge in [0.15, 0.2) is 11.2 Å². The maximum Gasteiger partial charge on any atom is 0.437 e. The Kier molecular flexibility index (Phi) is 4.13. The van der Waals surface area contributed by atoms with E-state index in [9.17, 15) is 9.59 Å². The molecule has 5 rings (SSSR count). The van der Waals surface area contributed by atoms with E-state index in [0.29, 0.717) is 22.1 Å². The van der Waals surface area contributed by atoms with Gasteiger partial charge < -0.3 is 8.98 Å². The standard InChI is InChI=1S/C19H17ClN6O3/c1-24-9-21-17-16(24)18(27)25(10-22-17)8-15-23-26(19(28)29-15)14-6-12(7-14)11-2-4-13(20)5-3-11/h2-5,9-10,12,14H,6-8H2,1H3. The quantitative estimate of drug-likeness (QED) is 0.508. The predicted molar refractivity (Wildman–Crippen MR) is 105 cm³/mol. The summed E-state index contributed by atoms with van der Waals surface area (Å²) < 4.78 is 9.63. The first-order chi connectivity index (χ1) is 14.0. The van der Waals surface area contributed by atoms with Crippen LogP contribution in [-0.2, 0) is 13.6 Å². The Hall–Kier alpha value is -3.20. The molecular weight excluding hydrogens is 396 g/mol. The number of aromatic nitrogens is 6. The minimum atomic E-state index is -0.512. The second-order valence-electron chi connectivity index (χ2n) is 7.29. The van der Waals surface area contributed by atoms with Crippen LogP contribution in [-0.4, -0.2) is 28.9 Å². The normalized spacial score (nSPS) is 18.8. The van der Waals surface area contributed by atoms with Crippen LogP contribution < -0.4 is 11.3 Å². The first kappa shape index (κ1) is 17.9. The second-order valence-corrected chi connectivity index (χ2v) is 7.72. The summed E-state index contributed by atoms with van der Waals surface area (Å²) in [4.78, 5) is 33.1. The molecule has 1 saturated carbocycles. The summed E-state index contributed by atoms with van der Waals surface area (Å²) >= 11 is 5.94. The van der Waals surface area contributed by atoms with Crippen molar-refractivity contribution < 1.29 is 4.42 Å². The van der Waals surface area contributed by atoms with Crippen molar-refractivity contribution in [2.75, 3.05) is 0 Å². The van der Waals surface area contributed by atoms with Gasteiger partial charge in [-0.3, -0.25) is 9.36 Å². The van der Waals surface area contributed by atoms with Crippen LogP contribution in [0.1, 0.15) is 36.3 Å². The summed E-state index contributed by atoms with van der Waals surface area (Å²) in [7, 11) is 1.73. The smallest absolute Gasteiger partial charge is 0.390 e. The molecule has 1 aliphatic carbocycles. The minimum absolute atomic E-state index is 0.0184. The van der Waals surface area contributed by atoms with E-state index in [1.165, 1.54) is 27.5 Å². The number of nitrogens with zero attached hydrogens (tertiary/aromatic N) is 6. The second kappa shape index (κ2) is 6.70. The zero-order chi connectivity index (χ0) is 20.1. The molecule has 148 valence electrons. The molecule has 1 aliphatic rings. The highest BCUT2D eigenvalue weighted by Crippen LogP contribution is 2.43. The van der Waals surface area contributed by atoms with Crippen molar-refractivity contribution in [3.8, 4) is 0 Å². The number of hydrogen-bond donors (Lipinski definition) is 0. The van der Waals surface area contributed by atoms with Gasteiger partial charge in [0.1, 0.15) is 12.9 Å². The molecule has 0 atom stereocenters. The summed E-state index contributed by atoms with van der Waals surface area (Å²) in [5.74, 6) is 0.0286. The third-order valence-corrected chi connectivity index (χ3v) is 5.67. The van der Waals surface area contributed by atoms with Crippen LogP contribution in [0.3, 0.4) is 0 Å². The van der Waals surface area contributed by atoms with Gasteiger partial charge in [0.25, 0.3) is 5.56 Å². The molecule has 0 amide bonds. The van der Waals surface area contributed by atoms with Gasteiger partial charge in [0, 0.05) is 12.1 Å². The fourth-order valence-corrected chi connectivity index (χ4v) is 3.87. The van der Waals surface area contributed by atoms with Crippen molar-refractivity contribution in [3.05, 3.63) is 74.3 Å². The number of imidazole rings is 1. The SMILES string of the molecule is Cn1cnc2ncn(Cc3nn(C4CC(c5ccc(Cl)cc5)C4)c(=O)o3)c(=O)c21. The van der Waals surface area contributed by atoms with Crippen LogP contribution in [0.4, 0.5) is 0 Å². The lowest BCUT2D eigenvalue weighted by Gasteiger charge is -2.34. The summed E-state index contributed by atoms with van der Waals surface area (Å²) in [6.45, 7) is 0.0303. The first-order valence-corrected chi connectivity index (χ1v) is 9.58. The van der Waals surface area contributed by atoms with Crippen LogP contribution in [0.25, 0.3) is 11.2 Å². The molecule has 29 heavy (non-hydrogen) atoms. The van der Waals surface area contributed by atoms with Gasteiger partial charge in [-0.05, 0) is 36.5 Å². The van der Waals surface area contributed by atoms with Crippen molar-refractivity contribution in [2.24, 2.45) is 7.05 Å².